The van der Waals surface area contributed by atoms with Crippen molar-refractivity contribution in [3.05, 3.63) is 42.3 Å². The monoisotopic (exact) mass is 289 g/mol. The molecule has 1 heterocycles. The van der Waals surface area contributed by atoms with Crippen LogP contribution in [0.3, 0.4) is 0 Å². The summed E-state index contributed by atoms with van der Waals surface area (Å²) in [4.78, 5) is 1.73. The molecule has 1 N–H and O–H groups in total. The first kappa shape index (κ1) is 14.4. The van der Waals surface area contributed by atoms with Gasteiger partial charge >= 0.3 is 0 Å². The van der Waals surface area contributed by atoms with Crippen molar-refractivity contribution in [3.63, 3.8) is 0 Å². The van der Waals surface area contributed by atoms with E-state index in [-0.39, 0.29) is 11.6 Å². The van der Waals surface area contributed by atoms with E-state index in [1.54, 1.807) is 4.90 Å². The van der Waals surface area contributed by atoms with E-state index < -0.39 is 28.7 Å². The highest BCUT2D eigenvalue weighted by molar-refractivity contribution is 7.70. The Balaban J connectivity index is 2.25. The molecule has 1 aromatic carbocycles. The van der Waals surface area contributed by atoms with Crippen LogP contribution < -0.4 is 4.72 Å². The number of nitrogens with zero attached hydrogens (tertiary/aromatic N) is 1. The molecule has 0 aliphatic carbocycles. The first-order chi connectivity index (χ1) is 8.99. The van der Waals surface area contributed by atoms with Crippen molar-refractivity contribution in [2.45, 2.75) is 25.0 Å². The highest BCUT2D eigenvalue weighted by Crippen LogP contribution is 2.34. The van der Waals surface area contributed by atoms with E-state index in [9.17, 15) is 17.2 Å². The summed E-state index contributed by atoms with van der Waals surface area (Å²) in [5.74, 6) is -0.997. The molecule has 2 rings (SSSR count). The van der Waals surface area contributed by atoms with Crippen LogP contribution in [0.5, 0.6) is 0 Å². The lowest BCUT2D eigenvalue weighted by molar-refractivity contribution is 0.198. The maximum absolute atomic E-state index is 13.8. The van der Waals surface area contributed by atoms with Crippen LogP contribution in [0.25, 0.3) is 0 Å². The zero-order valence-corrected chi connectivity index (χ0v) is 11.1. The molecule has 1 unspecified atom stereocenters. The minimum absolute atomic E-state index is 0.245. The number of thiol groups is 1. The summed E-state index contributed by atoms with van der Waals surface area (Å²) in [6.45, 7) is 4.29. The van der Waals surface area contributed by atoms with Crippen molar-refractivity contribution in [2.24, 2.45) is 0 Å². The Labute approximate surface area is 112 Å². The standard InChI is InChI=1S/C12H15F2N2O2S/c1-8(15-19(17)18)16-6-2-3-12(16)10-7-9(13)4-5-11(10)14/h4-5,7-8,12,19H,1-3,6H2,(H,15,17,18)/t8?,12-/m1/s1. The van der Waals surface area contributed by atoms with Gasteiger partial charge in [0.1, 0.15) is 11.6 Å². The van der Waals surface area contributed by atoms with Crippen molar-refractivity contribution < 1.29 is 17.2 Å². The minimum atomic E-state index is -2.78. The molecule has 2 atom stereocenters. The van der Waals surface area contributed by atoms with E-state index >= 15 is 0 Å². The molecule has 1 aliphatic rings. The average molecular weight is 289 g/mol. The lowest BCUT2D eigenvalue weighted by Crippen LogP contribution is -2.42. The number of benzene rings is 1. The molecule has 1 fully saturated rings. The van der Waals surface area contributed by atoms with Gasteiger partial charge < -0.3 is 0 Å². The van der Waals surface area contributed by atoms with Crippen LogP contribution in [0.4, 0.5) is 8.78 Å². The van der Waals surface area contributed by atoms with E-state index in [1.807, 2.05) is 0 Å². The van der Waals surface area contributed by atoms with Crippen molar-refractivity contribution >= 4 is 10.9 Å². The summed E-state index contributed by atoms with van der Waals surface area (Å²) in [6, 6.07) is 2.94. The second-order valence-corrected chi connectivity index (χ2v) is 5.24. The second kappa shape index (κ2) is 5.94. The minimum Gasteiger partial charge on any atom is -0.280 e. The fourth-order valence-corrected chi connectivity index (χ4v) is 2.85. The SMILES string of the molecule is [CH2]C(N[SH](=O)=O)N1CCC[C@@H]1c1cc(F)ccc1F. The smallest absolute Gasteiger partial charge is 0.202 e. The van der Waals surface area contributed by atoms with Crippen molar-refractivity contribution in [3.8, 4) is 0 Å². The van der Waals surface area contributed by atoms with Crippen LogP contribution in [-0.4, -0.2) is 26.0 Å². The molecule has 7 heteroatoms. The fourth-order valence-electron chi connectivity index (χ4n) is 2.46. The Kier molecular flexibility index (Phi) is 4.49. The lowest BCUT2D eigenvalue weighted by atomic mass is 10.0. The van der Waals surface area contributed by atoms with Crippen molar-refractivity contribution in [1.29, 1.82) is 0 Å². The highest BCUT2D eigenvalue weighted by atomic mass is 32.2. The number of likely N-dealkylation sites (tertiary alicyclic amines) is 1. The van der Waals surface area contributed by atoms with Crippen LogP contribution in [0.15, 0.2) is 18.2 Å². The van der Waals surface area contributed by atoms with Gasteiger partial charge in [0, 0.05) is 18.2 Å². The molecule has 0 spiro atoms. The van der Waals surface area contributed by atoms with E-state index in [0.717, 1.165) is 24.6 Å². The van der Waals surface area contributed by atoms with Gasteiger partial charge in [-0.25, -0.2) is 21.9 Å². The predicted octanol–water partition coefficient (Wildman–Crippen LogP) is 1.38. The molecule has 105 valence electrons. The Morgan fingerprint density at radius 3 is 2.84 bits per heavy atom. The number of halogens is 2. The summed E-state index contributed by atoms with van der Waals surface area (Å²) >= 11 is 0. The molecule has 0 aromatic heterocycles. The molecule has 1 aromatic rings. The van der Waals surface area contributed by atoms with Gasteiger partial charge in [-0.05, 0) is 38.0 Å². The van der Waals surface area contributed by atoms with E-state index in [0.29, 0.717) is 13.0 Å². The summed E-state index contributed by atoms with van der Waals surface area (Å²) in [6.07, 6.45) is 0.740. The number of hydrogen-bond donors (Lipinski definition) is 2. The number of nitrogens with one attached hydrogen (secondary N) is 1. The van der Waals surface area contributed by atoms with Gasteiger partial charge in [0.2, 0.25) is 10.9 Å². The summed E-state index contributed by atoms with van der Waals surface area (Å²) in [5, 5.41) is 0. The Bertz CT molecular complexity index is 528. The Morgan fingerprint density at radius 2 is 2.16 bits per heavy atom. The average Bonchev–Trinajstić information content (AvgIpc) is 2.80. The zero-order valence-electron chi connectivity index (χ0n) is 10.2. The number of hydrogen-bond acceptors (Lipinski definition) is 3. The van der Waals surface area contributed by atoms with Crippen molar-refractivity contribution in [1.82, 2.24) is 9.62 Å². The molecule has 1 aliphatic heterocycles. The topological polar surface area (TPSA) is 49.4 Å². The molecule has 1 radical (unpaired) electrons. The molecule has 4 nitrogen and oxygen atoms in total. The zero-order chi connectivity index (χ0) is 14.0. The molecule has 0 amide bonds. The number of rotatable bonds is 4. The quantitative estimate of drug-likeness (QED) is 0.823. The van der Waals surface area contributed by atoms with Gasteiger partial charge in [-0.15, -0.1) is 0 Å². The molecular weight excluding hydrogens is 274 g/mol. The first-order valence-corrected chi connectivity index (χ1v) is 7.11. The van der Waals surface area contributed by atoms with Crippen LogP contribution in [-0.2, 0) is 10.9 Å². The molecule has 0 saturated carbocycles. The van der Waals surface area contributed by atoms with Gasteiger partial charge in [0.05, 0.1) is 6.17 Å². The summed E-state index contributed by atoms with van der Waals surface area (Å²) in [5.41, 5.74) is 0.245. The van der Waals surface area contributed by atoms with E-state index in [4.69, 9.17) is 0 Å². The maximum Gasteiger partial charge on any atom is 0.202 e. The fraction of sp³-hybridized carbons (Fsp3) is 0.417. The van der Waals surface area contributed by atoms with E-state index in [1.165, 1.54) is 0 Å². The third kappa shape index (κ3) is 3.29. The largest absolute Gasteiger partial charge is 0.280 e. The summed E-state index contributed by atoms with van der Waals surface area (Å²) in [7, 11) is -2.78. The third-order valence-corrected chi connectivity index (χ3v) is 3.77. The van der Waals surface area contributed by atoms with Crippen molar-refractivity contribution in [2.75, 3.05) is 6.54 Å². The van der Waals surface area contributed by atoms with Gasteiger partial charge in [-0.2, -0.15) is 0 Å². The van der Waals surface area contributed by atoms with Gasteiger partial charge in [0.15, 0.2) is 0 Å². The van der Waals surface area contributed by atoms with Crippen LogP contribution in [0.2, 0.25) is 0 Å². The van der Waals surface area contributed by atoms with Crippen LogP contribution in [0.1, 0.15) is 24.4 Å². The maximum atomic E-state index is 13.8. The van der Waals surface area contributed by atoms with Gasteiger partial charge in [-0.1, -0.05) is 0 Å². The molecule has 0 bridgehead atoms. The molecule has 19 heavy (non-hydrogen) atoms. The van der Waals surface area contributed by atoms with Gasteiger partial charge in [-0.3, -0.25) is 4.90 Å². The first-order valence-electron chi connectivity index (χ1n) is 5.93. The lowest BCUT2D eigenvalue weighted by Gasteiger charge is -2.30. The Morgan fingerprint density at radius 1 is 1.42 bits per heavy atom. The van der Waals surface area contributed by atoms with E-state index in [2.05, 4.69) is 11.6 Å². The van der Waals surface area contributed by atoms with Crippen LogP contribution >= 0.6 is 0 Å². The molecule has 1 saturated heterocycles. The third-order valence-electron chi connectivity index (χ3n) is 3.27. The normalized spacial score (nSPS) is 22.0. The highest BCUT2D eigenvalue weighted by Gasteiger charge is 2.31. The van der Waals surface area contributed by atoms with Gasteiger partial charge in [0.25, 0.3) is 0 Å². The Hall–Kier alpha value is -1.05. The van der Waals surface area contributed by atoms with Crippen LogP contribution in [0, 0.1) is 18.6 Å². The summed E-state index contributed by atoms with van der Waals surface area (Å²) < 4.78 is 50.6. The second-order valence-electron chi connectivity index (χ2n) is 4.46. The molecular formula is C12H15F2N2O2S. The predicted molar refractivity (Wildman–Crippen MR) is 67.6 cm³/mol.